The Morgan fingerprint density at radius 3 is 2.61 bits per heavy atom. The molecule has 0 bridgehead atoms. The number of esters is 2. The third-order valence-corrected chi connectivity index (χ3v) is 9.18. The molecule has 2 saturated carbocycles. The highest BCUT2D eigenvalue weighted by atomic mass is 16.7. The molecule has 2 aliphatic carbocycles. The molecule has 5 aliphatic rings. The zero-order valence-electron chi connectivity index (χ0n) is 18.9. The highest BCUT2D eigenvalue weighted by Crippen LogP contribution is 2.70. The van der Waals surface area contributed by atoms with Gasteiger partial charge in [0.25, 0.3) is 0 Å². The van der Waals surface area contributed by atoms with Gasteiger partial charge in [-0.15, -0.1) is 0 Å². The predicted octanol–water partition coefficient (Wildman–Crippen LogP) is 3.36. The van der Waals surface area contributed by atoms with E-state index >= 15 is 0 Å². The lowest BCUT2D eigenvalue weighted by atomic mass is 9.42. The predicted molar refractivity (Wildman–Crippen MR) is 110 cm³/mol. The average Bonchev–Trinajstić information content (AvgIpc) is 3.15. The van der Waals surface area contributed by atoms with Crippen LogP contribution in [0, 0.1) is 28.6 Å². The SMILES string of the molecule is CC(=O)OC[C@@]12[C@H](CCC[C@]13CO3)[C@@](C)([C@@H]1C[C@H]3C=CO[C@@H]3O1)[C@H](C)C[C@H]2OC(C)=O. The van der Waals surface area contributed by atoms with E-state index in [9.17, 15) is 9.59 Å². The van der Waals surface area contributed by atoms with Crippen molar-refractivity contribution in [1.82, 2.24) is 0 Å². The molecule has 0 amide bonds. The van der Waals surface area contributed by atoms with Crippen LogP contribution in [0.25, 0.3) is 0 Å². The summed E-state index contributed by atoms with van der Waals surface area (Å²) in [6.45, 7) is 8.30. The highest BCUT2D eigenvalue weighted by molar-refractivity contribution is 5.67. The summed E-state index contributed by atoms with van der Waals surface area (Å²) in [6.07, 6.45) is 7.82. The molecule has 7 heteroatoms. The molecule has 31 heavy (non-hydrogen) atoms. The molecule has 0 aromatic rings. The van der Waals surface area contributed by atoms with Gasteiger partial charge in [-0.1, -0.05) is 20.3 Å². The average molecular weight is 435 g/mol. The Bertz CT molecular complexity index is 789. The molecule has 0 N–H and O–H groups in total. The second-order valence-corrected chi connectivity index (χ2v) is 10.5. The molecular weight excluding hydrogens is 400 g/mol. The van der Waals surface area contributed by atoms with Gasteiger partial charge in [0.2, 0.25) is 6.29 Å². The van der Waals surface area contributed by atoms with Gasteiger partial charge in [-0.2, -0.15) is 0 Å². The molecular formula is C24H34O7. The lowest BCUT2D eigenvalue weighted by Crippen LogP contribution is -2.69. The van der Waals surface area contributed by atoms with E-state index in [-0.39, 0.29) is 60.2 Å². The summed E-state index contributed by atoms with van der Waals surface area (Å²) in [7, 11) is 0. The summed E-state index contributed by atoms with van der Waals surface area (Å²) in [5.41, 5.74) is -1.16. The van der Waals surface area contributed by atoms with Gasteiger partial charge in [0.1, 0.15) is 18.3 Å². The van der Waals surface area contributed by atoms with Gasteiger partial charge in [-0.25, -0.2) is 0 Å². The van der Waals surface area contributed by atoms with Crippen LogP contribution in [0.15, 0.2) is 12.3 Å². The molecule has 3 heterocycles. The number of hydrogen-bond acceptors (Lipinski definition) is 7. The number of epoxide rings is 1. The number of carbonyl (C=O) groups is 2. The summed E-state index contributed by atoms with van der Waals surface area (Å²) < 4.78 is 30.0. The first kappa shape index (κ1) is 21.3. The van der Waals surface area contributed by atoms with E-state index in [0.717, 1.165) is 25.7 Å². The summed E-state index contributed by atoms with van der Waals surface area (Å²) in [4.78, 5) is 24.0. The third kappa shape index (κ3) is 2.99. The summed E-state index contributed by atoms with van der Waals surface area (Å²) in [6, 6.07) is 0. The van der Waals surface area contributed by atoms with E-state index in [0.29, 0.717) is 13.0 Å². The maximum absolute atomic E-state index is 12.1. The summed E-state index contributed by atoms with van der Waals surface area (Å²) in [5, 5.41) is 0. The first-order valence-electron chi connectivity index (χ1n) is 11.6. The van der Waals surface area contributed by atoms with Crippen molar-refractivity contribution in [2.24, 2.45) is 28.6 Å². The van der Waals surface area contributed by atoms with Crippen LogP contribution in [0.3, 0.4) is 0 Å². The maximum Gasteiger partial charge on any atom is 0.302 e. The lowest BCUT2D eigenvalue weighted by molar-refractivity contribution is -0.253. The minimum atomic E-state index is -0.568. The van der Waals surface area contributed by atoms with Crippen molar-refractivity contribution in [1.29, 1.82) is 0 Å². The fourth-order valence-corrected chi connectivity index (χ4v) is 7.46. The first-order valence-corrected chi connectivity index (χ1v) is 11.6. The molecule has 7 nitrogen and oxygen atoms in total. The normalized spacial score (nSPS) is 49.8. The number of ether oxygens (including phenoxy) is 5. The lowest BCUT2D eigenvalue weighted by Gasteiger charge is -2.64. The van der Waals surface area contributed by atoms with Crippen LogP contribution in [0.5, 0.6) is 0 Å². The van der Waals surface area contributed by atoms with Gasteiger partial charge in [0, 0.05) is 25.2 Å². The Labute approximate surface area is 183 Å². The Morgan fingerprint density at radius 2 is 1.97 bits per heavy atom. The Morgan fingerprint density at radius 1 is 1.19 bits per heavy atom. The molecule has 3 aliphatic heterocycles. The number of carbonyl (C=O) groups excluding carboxylic acids is 2. The Balaban J connectivity index is 1.58. The smallest absolute Gasteiger partial charge is 0.302 e. The highest BCUT2D eigenvalue weighted by Gasteiger charge is 2.76. The fraction of sp³-hybridized carbons (Fsp3) is 0.833. The van der Waals surface area contributed by atoms with Gasteiger partial charge >= 0.3 is 11.9 Å². The molecule has 4 fully saturated rings. The van der Waals surface area contributed by atoms with Crippen LogP contribution in [-0.4, -0.2) is 49.3 Å². The van der Waals surface area contributed by atoms with Crippen molar-refractivity contribution < 1.29 is 33.3 Å². The van der Waals surface area contributed by atoms with Crippen LogP contribution in [0.1, 0.15) is 59.8 Å². The molecule has 172 valence electrons. The summed E-state index contributed by atoms with van der Waals surface area (Å²) in [5.74, 6) is 0.0539. The van der Waals surface area contributed by atoms with Crippen LogP contribution in [-0.2, 0) is 33.3 Å². The maximum atomic E-state index is 12.1. The minimum absolute atomic E-state index is 0.0244. The number of hydrogen-bond donors (Lipinski definition) is 0. The molecule has 0 unspecified atom stereocenters. The second kappa shape index (κ2) is 7.20. The topological polar surface area (TPSA) is 83.6 Å². The van der Waals surface area contributed by atoms with Crippen molar-refractivity contribution in [3.8, 4) is 0 Å². The number of rotatable bonds is 4. The van der Waals surface area contributed by atoms with Crippen molar-refractivity contribution in [3.05, 3.63) is 12.3 Å². The molecule has 1 spiro atoms. The van der Waals surface area contributed by atoms with Crippen LogP contribution >= 0.6 is 0 Å². The monoisotopic (exact) mass is 434 g/mol. The molecule has 2 saturated heterocycles. The van der Waals surface area contributed by atoms with Gasteiger partial charge < -0.3 is 23.7 Å². The minimum Gasteiger partial charge on any atom is -0.472 e. The molecule has 0 radical (unpaired) electrons. The van der Waals surface area contributed by atoms with Gasteiger partial charge in [-0.3, -0.25) is 9.59 Å². The molecule has 0 aromatic heterocycles. The zero-order chi connectivity index (χ0) is 22.0. The molecule has 5 rings (SSSR count). The Hall–Kier alpha value is -1.60. The van der Waals surface area contributed by atoms with E-state index in [2.05, 4.69) is 19.9 Å². The van der Waals surface area contributed by atoms with E-state index in [1.54, 1.807) is 6.26 Å². The standard InChI is InChI=1S/C24H34O7/c1-14-10-20(30-16(3)26)24(13-28-15(2)25)18(6-5-8-23(24)12-29-23)22(14,4)19-11-17-7-9-27-21(17)31-19/h7,9,14,17-21H,5-6,8,10-13H2,1-4H3/t14-,17-,18-,19+,20-,21-,22+,23+,24+/m1/s1. The van der Waals surface area contributed by atoms with Crippen molar-refractivity contribution in [2.45, 2.75) is 83.9 Å². The van der Waals surface area contributed by atoms with E-state index < -0.39 is 11.0 Å². The van der Waals surface area contributed by atoms with E-state index in [4.69, 9.17) is 23.7 Å². The van der Waals surface area contributed by atoms with Crippen molar-refractivity contribution >= 4 is 11.9 Å². The third-order valence-electron chi connectivity index (χ3n) is 9.18. The van der Waals surface area contributed by atoms with Gasteiger partial charge in [0.15, 0.2) is 0 Å². The molecule has 0 aromatic carbocycles. The second-order valence-electron chi connectivity index (χ2n) is 10.5. The fourth-order valence-electron chi connectivity index (χ4n) is 7.46. The molecule has 9 atom stereocenters. The summed E-state index contributed by atoms with van der Waals surface area (Å²) >= 11 is 0. The first-order chi connectivity index (χ1) is 14.7. The van der Waals surface area contributed by atoms with Crippen molar-refractivity contribution in [2.75, 3.05) is 13.2 Å². The van der Waals surface area contributed by atoms with E-state index in [1.807, 2.05) is 0 Å². The Kier molecular flexibility index (Phi) is 4.94. The van der Waals surface area contributed by atoms with Crippen LogP contribution in [0.2, 0.25) is 0 Å². The quantitative estimate of drug-likeness (QED) is 0.496. The van der Waals surface area contributed by atoms with Gasteiger partial charge in [-0.05, 0) is 43.6 Å². The van der Waals surface area contributed by atoms with Crippen molar-refractivity contribution in [3.63, 3.8) is 0 Å². The van der Waals surface area contributed by atoms with E-state index in [1.165, 1.54) is 13.8 Å². The zero-order valence-corrected chi connectivity index (χ0v) is 18.9. The van der Waals surface area contributed by atoms with Gasteiger partial charge in [0.05, 0.1) is 24.4 Å². The van der Waals surface area contributed by atoms with Crippen LogP contribution in [0.4, 0.5) is 0 Å². The van der Waals surface area contributed by atoms with Crippen LogP contribution < -0.4 is 0 Å². The number of fused-ring (bicyclic) bond motifs is 3. The largest absolute Gasteiger partial charge is 0.472 e.